The Hall–Kier alpha value is -2.49. The molecule has 144 valence electrons. The molecule has 4 nitrogen and oxygen atoms in total. The van der Waals surface area contributed by atoms with Crippen LogP contribution in [0.1, 0.15) is 57.2 Å². The number of rotatable bonds is 6. The van der Waals surface area contributed by atoms with Crippen LogP contribution in [0.25, 0.3) is 0 Å². The van der Waals surface area contributed by atoms with Gasteiger partial charge >= 0.3 is 0 Å². The lowest BCUT2D eigenvalue weighted by atomic mass is 9.83. The van der Waals surface area contributed by atoms with Gasteiger partial charge < -0.3 is 14.8 Å². The number of carbonyl (C=O) groups is 1. The molecule has 0 radical (unpaired) electrons. The number of hydrogen-bond donors (Lipinski definition) is 1. The van der Waals surface area contributed by atoms with E-state index in [9.17, 15) is 4.79 Å². The highest BCUT2D eigenvalue weighted by molar-refractivity contribution is 5.81. The second-order valence-electron chi connectivity index (χ2n) is 7.37. The van der Waals surface area contributed by atoms with E-state index in [1.807, 2.05) is 55.5 Å². The number of fused-ring (bicyclic) bond motifs is 1. The summed E-state index contributed by atoms with van der Waals surface area (Å²) in [7, 11) is 0. The van der Waals surface area contributed by atoms with Gasteiger partial charge in [0, 0.05) is 12.0 Å². The van der Waals surface area contributed by atoms with Crippen molar-refractivity contribution in [3.63, 3.8) is 0 Å². The highest BCUT2D eigenvalue weighted by atomic mass is 16.5. The van der Waals surface area contributed by atoms with Crippen LogP contribution in [0.5, 0.6) is 11.5 Å². The van der Waals surface area contributed by atoms with E-state index in [-0.39, 0.29) is 17.6 Å². The molecule has 1 aliphatic heterocycles. The molecule has 0 spiro atoms. The molecule has 2 atom stereocenters. The molecule has 0 fully saturated rings. The van der Waals surface area contributed by atoms with Crippen molar-refractivity contribution < 1.29 is 14.3 Å². The molecule has 27 heavy (non-hydrogen) atoms. The van der Waals surface area contributed by atoms with Crippen molar-refractivity contribution in [3.8, 4) is 11.5 Å². The SMILES string of the molecule is CCC1(CC)C[C@H](NC(=O)[C@H](C)Oc2ccc(C)cc2)c2ccccc2O1. The molecular weight excluding hydrogens is 338 g/mol. The number of benzene rings is 2. The number of carbonyl (C=O) groups excluding carboxylic acids is 1. The Kier molecular flexibility index (Phi) is 5.73. The molecule has 3 rings (SSSR count). The summed E-state index contributed by atoms with van der Waals surface area (Å²) >= 11 is 0. The number of aryl methyl sites for hydroxylation is 1. The van der Waals surface area contributed by atoms with E-state index in [1.54, 1.807) is 6.92 Å². The number of nitrogens with one attached hydrogen (secondary N) is 1. The zero-order chi connectivity index (χ0) is 19.4. The molecule has 1 aliphatic rings. The molecule has 1 amide bonds. The van der Waals surface area contributed by atoms with Gasteiger partial charge in [0.05, 0.1) is 6.04 Å². The fourth-order valence-electron chi connectivity index (χ4n) is 3.59. The third kappa shape index (κ3) is 4.26. The monoisotopic (exact) mass is 367 g/mol. The van der Waals surface area contributed by atoms with E-state index in [1.165, 1.54) is 0 Å². The van der Waals surface area contributed by atoms with Gasteiger partial charge in [-0.05, 0) is 44.9 Å². The van der Waals surface area contributed by atoms with Crippen molar-refractivity contribution in [2.45, 2.75) is 64.7 Å². The fourth-order valence-corrected chi connectivity index (χ4v) is 3.59. The van der Waals surface area contributed by atoms with Crippen molar-refractivity contribution in [2.24, 2.45) is 0 Å². The van der Waals surface area contributed by atoms with Gasteiger partial charge in [-0.3, -0.25) is 4.79 Å². The standard InChI is InChI=1S/C23H29NO3/c1-5-23(6-2)15-20(19-9-7-8-10-21(19)27-23)24-22(25)17(4)26-18-13-11-16(3)12-14-18/h7-14,17,20H,5-6,15H2,1-4H3,(H,24,25)/t17-,20-/m0/s1. The molecule has 2 aromatic rings. The van der Waals surface area contributed by atoms with E-state index in [2.05, 4.69) is 19.2 Å². The Morgan fingerprint density at radius 2 is 1.85 bits per heavy atom. The van der Waals surface area contributed by atoms with E-state index < -0.39 is 6.10 Å². The molecule has 0 bridgehead atoms. The highest BCUT2D eigenvalue weighted by Crippen LogP contribution is 2.42. The van der Waals surface area contributed by atoms with Gasteiger partial charge in [0.1, 0.15) is 17.1 Å². The Labute approximate surface area is 161 Å². The van der Waals surface area contributed by atoms with E-state index in [0.717, 1.165) is 36.1 Å². The summed E-state index contributed by atoms with van der Waals surface area (Å²) in [4.78, 5) is 12.8. The summed E-state index contributed by atoms with van der Waals surface area (Å²) in [6.45, 7) is 8.09. The van der Waals surface area contributed by atoms with Crippen LogP contribution in [0.15, 0.2) is 48.5 Å². The Balaban J connectivity index is 1.74. The quantitative estimate of drug-likeness (QED) is 0.785. The van der Waals surface area contributed by atoms with Gasteiger partial charge in [-0.2, -0.15) is 0 Å². The Morgan fingerprint density at radius 3 is 2.52 bits per heavy atom. The topological polar surface area (TPSA) is 47.6 Å². The van der Waals surface area contributed by atoms with Crippen molar-refractivity contribution >= 4 is 5.91 Å². The van der Waals surface area contributed by atoms with Crippen LogP contribution in [-0.2, 0) is 4.79 Å². The summed E-state index contributed by atoms with van der Waals surface area (Å²) in [6, 6.07) is 15.6. The van der Waals surface area contributed by atoms with Gasteiger partial charge in [-0.1, -0.05) is 49.7 Å². The maximum absolute atomic E-state index is 12.8. The predicted molar refractivity (Wildman–Crippen MR) is 107 cm³/mol. The summed E-state index contributed by atoms with van der Waals surface area (Å²) in [5.74, 6) is 1.45. The lowest BCUT2D eigenvalue weighted by Gasteiger charge is -2.41. The van der Waals surface area contributed by atoms with Crippen LogP contribution >= 0.6 is 0 Å². The third-order valence-corrected chi connectivity index (χ3v) is 5.51. The van der Waals surface area contributed by atoms with Gasteiger partial charge in [-0.25, -0.2) is 0 Å². The minimum Gasteiger partial charge on any atom is -0.487 e. The maximum Gasteiger partial charge on any atom is 0.261 e. The average molecular weight is 367 g/mol. The van der Waals surface area contributed by atoms with Crippen molar-refractivity contribution in [2.75, 3.05) is 0 Å². The minimum atomic E-state index is -0.569. The third-order valence-electron chi connectivity index (χ3n) is 5.51. The van der Waals surface area contributed by atoms with Crippen LogP contribution in [0.4, 0.5) is 0 Å². The molecule has 0 saturated carbocycles. The van der Waals surface area contributed by atoms with Crippen LogP contribution < -0.4 is 14.8 Å². The minimum absolute atomic E-state index is 0.0774. The molecule has 2 aromatic carbocycles. The molecular formula is C23H29NO3. The lowest BCUT2D eigenvalue weighted by molar-refractivity contribution is -0.128. The van der Waals surface area contributed by atoms with Gasteiger partial charge in [0.15, 0.2) is 6.10 Å². The largest absolute Gasteiger partial charge is 0.487 e. The van der Waals surface area contributed by atoms with Crippen LogP contribution in [0.2, 0.25) is 0 Å². The second-order valence-corrected chi connectivity index (χ2v) is 7.37. The molecule has 1 heterocycles. The smallest absolute Gasteiger partial charge is 0.261 e. The number of hydrogen-bond acceptors (Lipinski definition) is 3. The number of amides is 1. The second kappa shape index (κ2) is 8.03. The van der Waals surface area contributed by atoms with E-state index in [0.29, 0.717) is 5.75 Å². The van der Waals surface area contributed by atoms with Gasteiger partial charge in [0.2, 0.25) is 0 Å². The number of para-hydroxylation sites is 1. The Bertz CT molecular complexity index is 780. The van der Waals surface area contributed by atoms with Crippen molar-refractivity contribution in [1.29, 1.82) is 0 Å². The van der Waals surface area contributed by atoms with Crippen LogP contribution in [0, 0.1) is 6.92 Å². The zero-order valence-electron chi connectivity index (χ0n) is 16.6. The molecule has 1 N–H and O–H groups in total. The molecule has 0 unspecified atom stereocenters. The predicted octanol–water partition coefficient (Wildman–Crippen LogP) is 4.96. The van der Waals surface area contributed by atoms with Crippen molar-refractivity contribution in [3.05, 3.63) is 59.7 Å². The summed E-state index contributed by atoms with van der Waals surface area (Å²) < 4.78 is 12.1. The first-order chi connectivity index (χ1) is 13.0. The lowest BCUT2D eigenvalue weighted by Crippen LogP contribution is -2.46. The summed E-state index contributed by atoms with van der Waals surface area (Å²) in [5.41, 5.74) is 1.95. The molecule has 0 saturated heterocycles. The average Bonchev–Trinajstić information content (AvgIpc) is 2.69. The molecule has 0 aromatic heterocycles. The first-order valence-electron chi connectivity index (χ1n) is 9.78. The fraction of sp³-hybridized carbons (Fsp3) is 0.435. The number of ether oxygens (including phenoxy) is 2. The highest BCUT2D eigenvalue weighted by Gasteiger charge is 2.39. The van der Waals surface area contributed by atoms with Gasteiger partial charge in [-0.15, -0.1) is 0 Å². The molecule has 0 aliphatic carbocycles. The van der Waals surface area contributed by atoms with Crippen molar-refractivity contribution in [1.82, 2.24) is 5.32 Å². The van der Waals surface area contributed by atoms with E-state index in [4.69, 9.17) is 9.47 Å². The molecule has 4 heteroatoms. The van der Waals surface area contributed by atoms with Crippen LogP contribution in [0.3, 0.4) is 0 Å². The summed E-state index contributed by atoms with van der Waals surface area (Å²) in [6.07, 6.45) is 2.00. The van der Waals surface area contributed by atoms with Crippen LogP contribution in [-0.4, -0.2) is 17.6 Å². The first-order valence-corrected chi connectivity index (χ1v) is 9.78. The van der Waals surface area contributed by atoms with E-state index >= 15 is 0 Å². The normalized spacial score (nSPS) is 18.7. The maximum atomic E-state index is 12.8. The van der Waals surface area contributed by atoms with Gasteiger partial charge in [0.25, 0.3) is 5.91 Å². The first kappa shape index (κ1) is 19.3. The Morgan fingerprint density at radius 1 is 1.19 bits per heavy atom. The zero-order valence-corrected chi connectivity index (χ0v) is 16.6. The summed E-state index contributed by atoms with van der Waals surface area (Å²) in [5, 5.41) is 3.19.